The van der Waals surface area contributed by atoms with Crippen molar-refractivity contribution in [3.63, 3.8) is 0 Å². The van der Waals surface area contributed by atoms with E-state index in [-0.39, 0.29) is 18.7 Å². The summed E-state index contributed by atoms with van der Waals surface area (Å²) in [5, 5.41) is 2.69. The number of ether oxygens (including phenoxy) is 2. The Morgan fingerprint density at radius 3 is 2.22 bits per heavy atom. The smallest absolute Gasteiger partial charge is 0.323 e. The van der Waals surface area contributed by atoms with E-state index in [9.17, 15) is 26.4 Å². The number of halogens is 3. The molecule has 0 aliphatic rings. The number of rotatable bonds is 11. The highest BCUT2D eigenvalue weighted by molar-refractivity contribution is 7.89. The monoisotopic (exact) mass is 476 g/mol. The molecule has 2 aromatic rings. The second kappa shape index (κ2) is 11.2. The van der Waals surface area contributed by atoms with Crippen LogP contribution in [-0.4, -0.2) is 40.4 Å². The standard InChI is InChI=1S/C19H23F3N4O5S/c1-30-18(27)16(3-2-8-25-19(23)24)26-32(28,29)13-9-14(21)17(15(22)10-13)31-12-6-4-11(20)5-7-12/h4-7,9-10,16,19,25-26H,2-3,8,23-24H2,1H3/t16-/m1/s1. The molecule has 2 rings (SSSR count). The summed E-state index contributed by atoms with van der Waals surface area (Å²) < 4.78 is 78.8. The summed E-state index contributed by atoms with van der Waals surface area (Å²) in [7, 11) is -3.45. The van der Waals surface area contributed by atoms with Gasteiger partial charge in [0, 0.05) is 0 Å². The Kier molecular flexibility index (Phi) is 8.98. The maximum absolute atomic E-state index is 14.4. The van der Waals surface area contributed by atoms with Gasteiger partial charge < -0.3 is 20.9 Å². The van der Waals surface area contributed by atoms with Gasteiger partial charge in [0.1, 0.15) is 23.9 Å². The van der Waals surface area contributed by atoms with Crippen LogP contribution in [0.15, 0.2) is 41.3 Å². The van der Waals surface area contributed by atoms with Crippen LogP contribution in [0.1, 0.15) is 12.8 Å². The Hall–Kier alpha value is -2.71. The predicted octanol–water partition coefficient (Wildman–Crippen LogP) is 1.29. The summed E-state index contributed by atoms with van der Waals surface area (Å²) in [6.45, 7) is 0.283. The van der Waals surface area contributed by atoms with Crippen molar-refractivity contribution in [2.24, 2.45) is 11.5 Å². The van der Waals surface area contributed by atoms with Gasteiger partial charge in [-0.25, -0.2) is 21.6 Å². The third-order valence-corrected chi connectivity index (χ3v) is 5.60. The first-order chi connectivity index (χ1) is 15.0. The van der Waals surface area contributed by atoms with Gasteiger partial charge in [0.05, 0.1) is 12.0 Å². The number of benzene rings is 2. The minimum atomic E-state index is -4.51. The molecule has 176 valence electrons. The molecule has 0 aliphatic heterocycles. The topological polar surface area (TPSA) is 146 Å². The third kappa shape index (κ3) is 7.17. The van der Waals surface area contributed by atoms with Gasteiger partial charge in [-0.3, -0.25) is 10.1 Å². The summed E-state index contributed by atoms with van der Waals surface area (Å²) >= 11 is 0. The Bertz CT molecular complexity index is 1010. The summed E-state index contributed by atoms with van der Waals surface area (Å²) in [6, 6.07) is 4.10. The lowest BCUT2D eigenvalue weighted by atomic mass is 10.2. The first-order valence-corrected chi connectivity index (χ1v) is 10.8. The molecule has 0 spiro atoms. The summed E-state index contributed by atoms with van der Waals surface area (Å²) in [5.41, 5.74) is 10.7. The quantitative estimate of drug-likeness (QED) is 0.216. The second-order valence-corrected chi connectivity index (χ2v) is 8.31. The van der Waals surface area contributed by atoms with Crippen molar-refractivity contribution >= 4 is 16.0 Å². The zero-order valence-electron chi connectivity index (χ0n) is 17.0. The van der Waals surface area contributed by atoms with E-state index in [0.29, 0.717) is 18.6 Å². The molecule has 0 saturated carbocycles. The molecular formula is C19H23F3N4O5S. The van der Waals surface area contributed by atoms with Gasteiger partial charge in [-0.1, -0.05) is 0 Å². The highest BCUT2D eigenvalue weighted by atomic mass is 32.2. The number of sulfonamides is 1. The molecule has 0 amide bonds. The van der Waals surface area contributed by atoms with E-state index in [1.807, 2.05) is 0 Å². The second-order valence-electron chi connectivity index (χ2n) is 6.59. The van der Waals surface area contributed by atoms with Crippen molar-refractivity contribution < 1.29 is 35.9 Å². The molecule has 32 heavy (non-hydrogen) atoms. The Balaban J connectivity index is 2.20. The first kappa shape index (κ1) is 25.5. The molecule has 2 aromatic carbocycles. The maximum Gasteiger partial charge on any atom is 0.323 e. The first-order valence-electron chi connectivity index (χ1n) is 9.30. The van der Waals surface area contributed by atoms with Crippen LogP contribution in [0.3, 0.4) is 0 Å². The van der Waals surface area contributed by atoms with Crippen LogP contribution in [0, 0.1) is 17.5 Å². The molecule has 0 aliphatic carbocycles. The van der Waals surface area contributed by atoms with Crippen molar-refractivity contribution in [1.82, 2.24) is 10.0 Å². The molecule has 0 fully saturated rings. The summed E-state index contributed by atoms with van der Waals surface area (Å²) in [4.78, 5) is 11.2. The molecule has 1 atom stereocenters. The Labute approximate surface area is 182 Å². The molecule has 0 unspecified atom stereocenters. The van der Waals surface area contributed by atoms with Crippen LogP contribution in [0.25, 0.3) is 0 Å². The lowest BCUT2D eigenvalue weighted by molar-refractivity contribution is -0.142. The number of esters is 1. The highest BCUT2D eigenvalue weighted by Gasteiger charge is 2.28. The SMILES string of the molecule is COC(=O)[C@@H](CCCNC(N)N)NS(=O)(=O)c1cc(F)c(Oc2ccc(F)cc2)c(F)c1. The van der Waals surface area contributed by atoms with Crippen molar-refractivity contribution in [2.45, 2.75) is 30.1 Å². The number of nitrogens with one attached hydrogen (secondary N) is 2. The van der Waals surface area contributed by atoms with Gasteiger partial charge in [-0.2, -0.15) is 4.72 Å². The maximum atomic E-state index is 14.4. The molecule has 0 aromatic heterocycles. The van der Waals surface area contributed by atoms with Crippen LogP contribution >= 0.6 is 0 Å². The van der Waals surface area contributed by atoms with E-state index in [1.54, 1.807) is 0 Å². The minimum Gasteiger partial charge on any atom is -0.468 e. The number of carbonyl (C=O) groups excluding carboxylic acids is 1. The van der Waals surface area contributed by atoms with Crippen molar-refractivity contribution in [3.8, 4) is 11.5 Å². The van der Waals surface area contributed by atoms with Gasteiger partial charge in [0.15, 0.2) is 17.4 Å². The van der Waals surface area contributed by atoms with E-state index >= 15 is 0 Å². The molecule has 0 radical (unpaired) electrons. The number of carbonyl (C=O) groups is 1. The molecular weight excluding hydrogens is 453 g/mol. The summed E-state index contributed by atoms with van der Waals surface area (Å²) in [6.07, 6.45) is -0.493. The van der Waals surface area contributed by atoms with E-state index < -0.39 is 56.4 Å². The van der Waals surface area contributed by atoms with Crippen LogP contribution in [0.2, 0.25) is 0 Å². The fourth-order valence-electron chi connectivity index (χ4n) is 2.61. The Morgan fingerprint density at radius 2 is 1.69 bits per heavy atom. The number of methoxy groups -OCH3 is 1. The zero-order valence-corrected chi connectivity index (χ0v) is 17.8. The van der Waals surface area contributed by atoms with Crippen LogP contribution in [0.4, 0.5) is 13.2 Å². The van der Waals surface area contributed by atoms with Gasteiger partial charge in [-0.05, 0) is 55.8 Å². The van der Waals surface area contributed by atoms with Crippen LogP contribution in [-0.2, 0) is 19.6 Å². The molecule has 0 bridgehead atoms. The summed E-state index contributed by atoms with van der Waals surface area (Å²) in [5.74, 6) is -5.02. The lowest BCUT2D eigenvalue weighted by Crippen LogP contribution is -2.46. The minimum absolute atomic E-state index is 0.00233. The Morgan fingerprint density at radius 1 is 1.09 bits per heavy atom. The lowest BCUT2D eigenvalue weighted by Gasteiger charge is -2.18. The van der Waals surface area contributed by atoms with Gasteiger partial charge in [0.25, 0.3) is 0 Å². The fraction of sp³-hybridized carbons (Fsp3) is 0.316. The third-order valence-electron chi connectivity index (χ3n) is 4.15. The number of hydrogen-bond donors (Lipinski definition) is 4. The average molecular weight is 476 g/mol. The number of nitrogens with two attached hydrogens (primary N) is 2. The van der Waals surface area contributed by atoms with E-state index in [4.69, 9.17) is 16.2 Å². The van der Waals surface area contributed by atoms with E-state index in [1.165, 1.54) is 0 Å². The van der Waals surface area contributed by atoms with Crippen LogP contribution in [0.5, 0.6) is 11.5 Å². The van der Waals surface area contributed by atoms with Crippen LogP contribution < -0.4 is 26.2 Å². The molecule has 0 heterocycles. The van der Waals surface area contributed by atoms with Crippen molar-refractivity contribution in [1.29, 1.82) is 0 Å². The van der Waals surface area contributed by atoms with Gasteiger partial charge in [0.2, 0.25) is 10.0 Å². The molecule has 9 nitrogen and oxygen atoms in total. The van der Waals surface area contributed by atoms with E-state index in [2.05, 4.69) is 14.8 Å². The van der Waals surface area contributed by atoms with E-state index in [0.717, 1.165) is 31.4 Å². The molecule has 6 N–H and O–H groups in total. The largest absolute Gasteiger partial charge is 0.468 e. The van der Waals surface area contributed by atoms with Gasteiger partial charge >= 0.3 is 5.97 Å². The normalized spacial score (nSPS) is 12.6. The van der Waals surface area contributed by atoms with Gasteiger partial charge in [-0.15, -0.1) is 0 Å². The average Bonchev–Trinajstić information content (AvgIpc) is 2.73. The predicted molar refractivity (Wildman–Crippen MR) is 108 cm³/mol. The molecule has 13 heteroatoms. The van der Waals surface area contributed by atoms with Crippen molar-refractivity contribution in [3.05, 3.63) is 53.8 Å². The highest BCUT2D eigenvalue weighted by Crippen LogP contribution is 2.30. The fourth-order valence-corrected chi connectivity index (χ4v) is 3.85. The zero-order chi connectivity index (χ0) is 23.9. The number of hydrogen-bond acceptors (Lipinski definition) is 8. The molecule has 0 saturated heterocycles. The van der Waals surface area contributed by atoms with Crippen molar-refractivity contribution in [2.75, 3.05) is 13.7 Å².